The molecule has 1 saturated heterocycles. The van der Waals surface area contributed by atoms with E-state index in [1.165, 1.54) is 6.92 Å². The van der Waals surface area contributed by atoms with Gasteiger partial charge in [0.05, 0.1) is 25.4 Å². The van der Waals surface area contributed by atoms with Gasteiger partial charge in [-0.05, 0) is 86.3 Å². The van der Waals surface area contributed by atoms with Crippen LogP contribution in [0.15, 0.2) is 104 Å². The van der Waals surface area contributed by atoms with Crippen molar-refractivity contribution in [2.75, 3.05) is 46.6 Å². The zero-order valence-electron chi connectivity index (χ0n) is 32.3. The number of carbonyl (C=O) groups is 4. The fraction of sp³-hybridized carbons (Fsp3) is 0.349. The highest BCUT2D eigenvalue weighted by Gasteiger charge is 2.39. The zero-order valence-corrected chi connectivity index (χ0v) is 33.9. The molecule has 2 N–H and O–H groups in total. The smallest absolute Gasteiger partial charge is 0.336 e. The highest BCUT2D eigenvalue weighted by Crippen LogP contribution is 2.45. The van der Waals surface area contributed by atoms with E-state index in [1.54, 1.807) is 36.7 Å². The van der Waals surface area contributed by atoms with Crippen molar-refractivity contribution < 1.29 is 33.4 Å². The van der Waals surface area contributed by atoms with Crippen molar-refractivity contribution in [3.05, 3.63) is 115 Å². The van der Waals surface area contributed by atoms with Gasteiger partial charge in [-0.2, -0.15) is 0 Å². The Bertz CT molecular complexity index is 2290. The van der Waals surface area contributed by atoms with Gasteiger partial charge in [0.1, 0.15) is 6.61 Å². The number of methoxy groups -OCH3 is 1. The van der Waals surface area contributed by atoms with Crippen LogP contribution in [-0.4, -0.2) is 75.0 Å². The van der Waals surface area contributed by atoms with Crippen molar-refractivity contribution in [2.45, 2.75) is 53.4 Å². The molecule has 0 spiro atoms. The average molecular weight is 782 g/mol. The Balaban J connectivity index is 0.000000187. The molecule has 1 fully saturated rings. The Hall–Kier alpha value is -4.88. The maximum atomic E-state index is 13.5. The van der Waals surface area contributed by atoms with Crippen LogP contribution < -0.4 is 10.6 Å². The van der Waals surface area contributed by atoms with Crippen molar-refractivity contribution in [3.63, 3.8) is 0 Å². The first-order chi connectivity index (χ1) is 26.4. The number of nitrogens with one attached hydrogen (secondary N) is 2. The molecule has 55 heavy (non-hydrogen) atoms. The van der Waals surface area contributed by atoms with Gasteiger partial charge in [-0.3, -0.25) is 14.4 Å². The van der Waals surface area contributed by atoms with Crippen LogP contribution in [-0.2, 0) is 33.4 Å². The molecule has 5 heterocycles. The van der Waals surface area contributed by atoms with Gasteiger partial charge >= 0.3 is 5.97 Å². The largest absolute Gasteiger partial charge is 0.460 e. The van der Waals surface area contributed by atoms with Crippen LogP contribution in [0.4, 0.5) is 0 Å². The Morgan fingerprint density at radius 1 is 0.691 bits per heavy atom. The number of ether oxygens (including phenoxy) is 3. The minimum atomic E-state index is -0.449. The van der Waals surface area contributed by atoms with Gasteiger partial charge in [-0.1, -0.05) is 36.4 Å². The lowest BCUT2D eigenvalue weighted by Gasteiger charge is -2.35. The van der Waals surface area contributed by atoms with E-state index in [-0.39, 0.29) is 30.0 Å². The number of thiophene rings is 2. The molecule has 288 valence electrons. The van der Waals surface area contributed by atoms with E-state index in [4.69, 9.17) is 14.2 Å². The molecule has 3 aliphatic heterocycles. The van der Waals surface area contributed by atoms with Gasteiger partial charge in [0.2, 0.25) is 0 Å². The number of Topliss-reactive ketones (excluding diaryl/α,β-unsaturated/α-hetero) is 2. The van der Waals surface area contributed by atoms with Crippen LogP contribution in [0.1, 0.15) is 64.5 Å². The molecule has 0 aliphatic carbocycles. The number of rotatable bonds is 9. The maximum absolute atomic E-state index is 13.5. The van der Waals surface area contributed by atoms with Crippen molar-refractivity contribution in [1.82, 2.24) is 15.5 Å². The topological polar surface area (TPSA) is 123 Å². The number of hydrogen-bond donors (Lipinski definition) is 2. The van der Waals surface area contributed by atoms with Gasteiger partial charge < -0.3 is 29.7 Å². The van der Waals surface area contributed by atoms with Crippen molar-refractivity contribution in [2.24, 2.45) is 0 Å². The fourth-order valence-electron chi connectivity index (χ4n) is 7.77. The summed E-state index contributed by atoms with van der Waals surface area (Å²) in [5.41, 5.74) is 7.53. The lowest BCUT2D eigenvalue weighted by atomic mass is 9.78. The van der Waals surface area contributed by atoms with E-state index < -0.39 is 11.9 Å². The molecule has 0 bridgehead atoms. The van der Waals surface area contributed by atoms with Crippen LogP contribution in [0.2, 0.25) is 0 Å². The number of hydrogen-bond acceptors (Lipinski definition) is 11. The van der Waals surface area contributed by atoms with Crippen LogP contribution in [0, 0.1) is 0 Å². The number of nitrogens with zero attached hydrogens (tertiary/aromatic N) is 1. The number of carbonyl (C=O) groups excluding carboxylic acids is 4. The predicted octanol–water partition coefficient (Wildman–Crippen LogP) is 7.50. The third-order valence-electron chi connectivity index (χ3n) is 10.2. The van der Waals surface area contributed by atoms with E-state index in [2.05, 4.69) is 28.1 Å². The van der Waals surface area contributed by atoms with E-state index in [9.17, 15) is 19.2 Å². The Kier molecular flexibility index (Phi) is 12.5. The normalized spacial score (nSPS) is 18.9. The standard InChI is InChI=1S/C22H24N2O3S.C21H23NO4S/c1-13-19(15(3)25)21(17-12-28-18-7-5-4-6-16(17)18)20(14(2)23-13)22(26)24-8-10-27-11-9-24;1-12-18(14(3)23)20(16-11-27-17-8-6-5-7-15(16)17)19(13(2)22-12)21(24)26-10-9-25-4/h4-7,12,21,23H,8-11H2,1-3H3;5-8,11,20,22H,9-10H2,1-4H3. The first-order valence-electron chi connectivity index (χ1n) is 18.3. The van der Waals surface area contributed by atoms with Crippen LogP contribution in [0.5, 0.6) is 0 Å². The van der Waals surface area contributed by atoms with Gasteiger partial charge in [0, 0.05) is 80.9 Å². The molecule has 3 aliphatic rings. The number of amides is 1. The molecule has 2 aromatic heterocycles. The maximum Gasteiger partial charge on any atom is 0.336 e. The number of benzene rings is 2. The third-order valence-corrected chi connectivity index (χ3v) is 12.2. The highest BCUT2D eigenvalue weighted by atomic mass is 32.1. The summed E-state index contributed by atoms with van der Waals surface area (Å²) < 4.78 is 18.1. The quantitative estimate of drug-likeness (QED) is 0.131. The van der Waals surface area contributed by atoms with Gasteiger partial charge in [-0.15, -0.1) is 22.7 Å². The zero-order chi connectivity index (χ0) is 39.4. The summed E-state index contributed by atoms with van der Waals surface area (Å²) in [5, 5.41) is 12.7. The monoisotopic (exact) mass is 781 g/mol. The molecule has 0 saturated carbocycles. The minimum Gasteiger partial charge on any atom is -0.460 e. The predicted molar refractivity (Wildman–Crippen MR) is 218 cm³/mol. The molecule has 2 unspecified atom stereocenters. The molecular weight excluding hydrogens is 735 g/mol. The Morgan fingerprint density at radius 3 is 1.64 bits per heavy atom. The molecule has 2 atom stereocenters. The molecule has 0 radical (unpaired) electrons. The van der Waals surface area contributed by atoms with Gasteiger partial charge in [0.15, 0.2) is 11.6 Å². The van der Waals surface area contributed by atoms with Gasteiger partial charge in [-0.25, -0.2) is 4.79 Å². The number of morpholine rings is 1. The van der Waals surface area contributed by atoms with E-state index in [1.807, 2.05) is 74.4 Å². The molecule has 1 amide bonds. The molecular formula is C43H47N3O7S2. The number of esters is 1. The van der Waals surface area contributed by atoms with Crippen LogP contribution >= 0.6 is 22.7 Å². The molecule has 12 heteroatoms. The molecule has 2 aromatic carbocycles. The first kappa shape index (κ1) is 39.8. The van der Waals surface area contributed by atoms with Crippen LogP contribution in [0.25, 0.3) is 20.2 Å². The summed E-state index contributed by atoms with van der Waals surface area (Å²) in [5.74, 6) is -1.32. The minimum absolute atomic E-state index is 0.00920. The van der Waals surface area contributed by atoms with Crippen molar-refractivity contribution >= 4 is 66.3 Å². The highest BCUT2D eigenvalue weighted by molar-refractivity contribution is 7.17. The molecule has 4 aromatic rings. The van der Waals surface area contributed by atoms with Crippen molar-refractivity contribution in [1.29, 1.82) is 0 Å². The third kappa shape index (κ3) is 8.09. The van der Waals surface area contributed by atoms with Crippen LogP contribution in [0.3, 0.4) is 0 Å². The number of dihydropyridines is 2. The first-order valence-corrected chi connectivity index (χ1v) is 20.0. The molecule has 7 rings (SSSR count). The van der Waals surface area contributed by atoms with E-state index >= 15 is 0 Å². The summed E-state index contributed by atoms with van der Waals surface area (Å²) >= 11 is 3.26. The summed E-state index contributed by atoms with van der Waals surface area (Å²) in [6, 6.07) is 16.2. The fourth-order valence-corrected chi connectivity index (χ4v) is 9.75. The average Bonchev–Trinajstić information content (AvgIpc) is 3.79. The van der Waals surface area contributed by atoms with E-state index in [0.29, 0.717) is 60.9 Å². The number of allylic oxidation sites excluding steroid dienone is 6. The molecule has 10 nitrogen and oxygen atoms in total. The van der Waals surface area contributed by atoms with Crippen molar-refractivity contribution in [3.8, 4) is 0 Å². The summed E-state index contributed by atoms with van der Waals surface area (Å²) in [6.07, 6.45) is 0. The summed E-state index contributed by atoms with van der Waals surface area (Å²) in [4.78, 5) is 53.4. The second-order valence-electron chi connectivity index (χ2n) is 13.8. The lowest BCUT2D eigenvalue weighted by Crippen LogP contribution is -2.44. The Morgan fingerprint density at radius 2 is 1.15 bits per heavy atom. The number of fused-ring (bicyclic) bond motifs is 2. The second kappa shape index (κ2) is 17.3. The lowest BCUT2D eigenvalue weighted by molar-refractivity contribution is -0.140. The summed E-state index contributed by atoms with van der Waals surface area (Å²) in [6.45, 7) is 13.4. The van der Waals surface area contributed by atoms with E-state index in [0.717, 1.165) is 48.4 Å². The number of ketones is 2. The van der Waals surface area contributed by atoms with Gasteiger partial charge in [0.25, 0.3) is 5.91 Å². The Labute approximate surface area is 329 Å². The second-order valence-corrected chi connectivity index (χ2v) is 15.6. The SMILES string of the molecule is CC(=O)C1=C(C)NC(C)=C(C(=O)N2CCOCC2)C1c1csc2ccccc12.COCCOC(=O)C1=C(C)NC(C)=C(C(C)=O)C1c1csc2ccccc12. The summed E-state index contributed by atoms with van der Waals surface area (Å²) in [7, 11) is 1.56.